The lowest BCUT2D eigenvalue weighted by atomic mass is 10.0. The molecule has 3 heteroatoms. The van der Waals surface area contributed by atoms with Crippen molar-refractivity contribution in [3.8, 4) is 5.75 Å². The second kappa shape index (κ2) is 9.83. The van der Waals surface area contributed by atoms with Crippen LogP contribution in [0, 0.1) is 0 Å². The summed E-state index contributed by atoms with van der Waals surface area (Å²) in [6, 6.07) is 11.8. The Morgan fingerprint density at radius 3 is 2.52 bits per heavy atom. The lowest BCUT2D eigenvalue weighted by Crippen LogP contribution is -1.85. The minimum atomic E-state index is 0.788. The van der Waals surface area contributed by atoms with Gasteiger partial charge in [0.2, 0.25) is 0 Å². The molecule has 3 nitrogen and oxygen atoms in total. The lowest BCUT2D eigenvalue weighted by Gasteiger charge is -2.04. The Morgan fingerprint density at radius 1 is 1.08 bits per heavy atom. The highest BCUT2D eigenvalue weighted by atomic mass is 16.5. The molecular weight excluding hydrogens is 310 g/mol. The van der Waals surface area contributed by atoms with Crippen molar-refractivity contribution in [1.82, 2.24) is 4.98 Å². The standard InChI is InChI=1S/C22H21NO2/c1-18(14-16-24)5-3-7-20(9-8-19-6-4-15-23-17-19)21-10-12-22(25-2)13-11-21/h3-17H,1-2H3. The van der Waals surface area contributed by atoms with Gasteiger partial charge in [-0.2, -0.15) is 0 Å². The van der Waals surface area contributed by atoms with Crippen LogP contribution in [0.15, 0.2) is 84.7 Å². The maximum Gasteiger partial charge on any atom is 0.143 e. The number of aromatic nitrogens is 1. The van der Waals surface area contributed by atoms with Crippen LogP contribution < -0.4 is 4.74 Å². The van der Waals surface area contributed by atoms with Gasteiger partial charge in [-0.05, 0) is 53.5 Å². The van der Waals surface area contributed by atoms with E-state index >= 15 is 0 Å². The van der Waals surface area contributed by atoms with E-state index in [4.69, 9.17) is 4.74 Å². The van der Waals surface area contributed by atoms with Gasteiger partial charge in [0.1, 0.15) is 12.0 Å². The van der Waals surface area contributed by atoms with E-state index in [9.17, 15) is 4.79 Å². The molecular formula is C22H21NO2. The quantitative estimate of drug-likeness (QED) is 0.412. The van der Waals surface area contributed by atoms with Crippen molar-refractivity contribution < 1.29 is 9.53 Å². The van der Waals surface area contributed by atoms with Gasteiger partial charge in [0.25, 0.3) is 0 Å². The molecule has 0 unspecified atom stereocenters. The zero-order valence-electron chi connectivity index (χ0n) is 14.4. The number of methoxy groups -OCH3 is 1. The van der Waals surface area contributed by atoms with Gasteiger partial charge in [-0.3, -0.25) is 9.78 Å². The van der Waals surface area contributed by atoms with Crippen molar-refractivity contribution in [2.24, 2.45) is 0 Å². The largest absolute Gasteiger partial charge is 0.497 e. The Kier molecular flexibility index (Phi) is 7.13. The molecule has 0 spiro atoms. The van der Waals surface area contributed by atoms with Crippen molar-refractivity contribution in [1.29, 1.82) is 0 Å². The fraction of sp³-hybridized carbons (Fsp3) is 0.0909. The number of ether oxygens (including phenoxy) is 1. The van der Waals surface area contributed by atoms with Crippen LogP contribution in [0.3, 0.4) is 0 Å². The smallest absolute Gasteiger partial charge is 0.143 e. The fourth-order valence-corrected chi connectivity index (χ4v) is 2.16. The van der Waals surface area contributed by atoms with Gasteiger partial charge >= 0.3 is 0 Å². The van der Waals surface area contributed by atoms with Crippen LogP contribution in [0.25, 0.3) is 11.6 Å². The van der Waals surface area contributed by atoms with E-state index < -0.39 is 0 Å². The Hall–Kier alpha value is -3.20. The topological polar surface area (TPSA) is 39.2 Å². The SMILES string of the molecule is COc1ccc(C(C=Cc2cccnc2)=CC=CC(C)=CC=O)cc1. The molecule has 0 atom stereocenters. The normalized spacial score (nSPS) is 12.7. The van der Waals surface area contributed by atoms with Crippen LogP contribution in [0.5, 0.6) is 5.75 Å². The molecule has 0 aliphatic rings. The molecule has 0 amide bonds. The first-order valence-corrected chi connectivity index (χ1v) is 7.96. The summed E-state index contributed by atoms with van der Waals surface area (Å²) in [6.45, 7) is 1.89. The van der Waals surface area contributed by atoms with Crippen LogP contribution in [0.2, 0.25) is 0 Å². The van der Waals surface area contributed by atoms with Crippen molar-refractivity contribution in [3.63, 3.8) is 0 Å². The number of hydrogen-bond donors (Lipinski definition) is 0. The number of carbonyl (C=O) groups is 1. The van der Waals surface area contributed by atoms with E-state index in [-0.39, 0.29) is 0 Å². The minimum Gasteiger partial charge on any atom is -0.497 e. The number of rotatable bonds is 7. The molecule has 1 aromatic heterocycles. The molecule has 0 bridgehead atoms. The molecule has 1 aromatic carbocycles. The number of carbonyl (C=O) groups excluding carboxylic acids is 1. The second-order valence-corrected chi connectivity index (χ2v) is 5.38. The average molecular weight is 331 g/mol. The summed E-state index contributed by atoms with van der Waals surface area (Å²) in [6.07, 6.45) is 15.8. The molecule has 2 rings (SSSR count). The number of nitrogens with zero attached hydrogens (tertiary/aromatic N) is 1. The molecule has 0 aliphatic carbocycles. The predicted octanol–water partition coefficient (Wildman–Crippen LogP) is 4.89. The van der Waals surface area contributed by atoms with E-state index in [1.807, 2.05) is 79.9 Å². The van der Waals surface area contributed by atoms with Crippen LogP contribution >= 0.6 is 0 Å². The summed E-state index contributed by atoms with van der Waals surface area (Å²) >= 11 is 0. The first-order valence-electron chi connectivity index (χ1n) is 7.96. The molecule has 0 saturated heterocycles. The summed E-state index contributed by atoms with van der Waals surface area (Å²) in [4.78, 5) is 14.6. The lowest BCUT2D eigenvalue weighted by molar-refractivity contribution is -0.104. The van der Waals surface area contributed by atoms with Crippen molar-refractivity contribution >= 4 is 17.9 Å². The van der Waals surface area contributed by atoms with E-state index in [0.717, 1.165) is 34.3 Å². The van der Waals surface area contributed by atoms with Crippen LogP contribution in [0.4, 0.5) is 0 Å². The van der Waals surface area contributed by atoms with Gasteiger partial charge in [0, 0.05) is 12.4 Å². The number of hydrogen-bond acceptors (Lipinski definition) is 3. The van der Waals surface area contributed by atoms with Crippen LogP contribution in [-0.2, 0) is 4.79 Å². The monoisotopic (exact) mass is 331 g/mol. The first-order chi connectivity index (χ1) is 12.2. The highest BCUT2D eigenvalue weighted by Gasteiger charge is 1.98. The van der Waals surface area contributed by atoms with E-state index in [0.29, 0.717) is 0 Å². The average Bonchev–Trinajstić information content (AvgIpc) is 2.65. The predicted molar refractivity (Wildman–Crippen MR) is 103 cm³/mol. The van der Waals surface area contributed by atoms with Gasteiger partial charge in [0.05, 0.1) is 7.11 Å². The summed E-state index contributed by atoms with van der Waals surface area (Å²) in [5, 5.41) is 0. The van der Waals surface area contributed by atoms with Crippen molar-refractivity contribution in [2.75, 3.05) is 7.11 Å². The fourth-order valence-electron chi connectivity index (χ4n) is 2.16. The Morgan fingerprint density at radius 2 is 1.88 bits per heavy atom. The Balaban J connectivity index is 2.31. The summed E-state index contributed by atoms with van der Waals surface area (Å²) in [7, 11) is 1.65. The maximum atomic E-state index is 10.5. The molecule has 25 heavy (non-hydrogen) atoms. The number of pyridine rings is 1. The van der Waals surface area contributed by atoms with E-state index in [1.165, 1.54) is 6.08 Å². The molecule has 126 valence electrons. The third kappa shape index (κ3) is 6.07. The Bertz CT molecular complexity index is 798. The molecule has 0 fully saturated rings. The van der Waals surface area contributed by atoms with Crippen molar-refractivity contribution in [3.05, 3.63) is 95.9 Å². The molecule has 0 radical (unpaired) electrons. The summed E-state index contributed by atoms with van der Waals surface area (Å²) < 4.78 is 5.22. The van der Waals surface area contributed by atoms with Crippen molar-refractivity contribution in [2.45, 2.75) is 6.92 Å². The Labute approximate surface area is 148 Å². The van der Waals surface area contributed by atoms with Gasteiger partial charge < -0.3 is 4.74 Å². The molecule has 2 aromatic rings. The van der Waals surface area contributed by atoms with Gasteiger partial charge in [0.15, 0.2) is 0 Å². The third-order valence-corrected chi connectivity index (χ3v) is 3.53. The number of aldehydes is 1. The van der Waals surface area contributed by atoms with Crippen LogP contribution in [0.1, 0.15) is 18.1 Å². The van der Waals surface area contributed by atoms with E-state index in [1.54, 1.807) is 13.3 Å². The zero-order valence-corrected chi connectivity index (χ0v) is 14.4. The highest BCUT2D eigenvalue weighted by molar-refractivity contribution is 5.80. The maximum absolute atomic E-state index is 10.5. The molecule has 0 aliphatic heterocycles. The minimum absolute atomic E-state index is 0.788. The third-order valence-electron chi connectivity index (χ3n) is 3.53. The van der Waals surface area contributed by atoms with Gasteiger partial charge in [-0.25, -0.2) is 0 Å². The molecule has 0 N–H and O–H groups in total. The number of benzene rings is 1. The first kappa shape index (κ1) is 18.1. The van der Waals surface area contributed by atoms with E-state index in [2.05, 4.69) is 4.98 Å². The molecule has 0 saturated carbocycles. The second-order valence-electron chi connectivity index (χ2n) is 5.38. The summed E-state index contributed by atoms with van der Waals surface area (Å²) in [5.74, 6) is 0.819. The number of allylic oxidation sites excluding steroid dienone is 7. The van der Waals surface area contributed by atoms with Crippen LogP contribution in [-0.4, -0.2) is 18.4 Å². The van der Waals surface area contributed by atoms with Gasteiger partial charge in [-0.15, -0.1) is 0 Å². The van der Waals surface area contributed by atoms with Gasteiger partial charge in [-0.1, -0.05) is 48.6 Å². The molecule has 1 heterocycles. The highest BCUT2D eigenvalue weighted by Crippen LogP contribution is 2.21. The summed E-state index contributed by atoms with van der Waals surface area (Å²) in [5.41, 5.74) is 4.05. The zero-order chi connectivity index (χ0) is 17.9.